The minimum absolute atomic E-state index is 0.0671. The van der Waals surface area contributed by atoms with Crippen LogP contribution in [0.1, 0.15) is 10.4 Å². The Bertz CT molecular complexity index is 667. The molecule has 0 fully saturated rings. The summed E-state index contributed by atoms with van der Waals surface area (Å²) in [6.07, 6.45) is 0. The van der Waals surface area contributed by atoms with Crippen molar-refractivity contribution in [3.8, 4) is 5.75 Å². The fourth-order valence-corrected chi connectivity index (χ4v) is 1.94. The predicted molar refractivity (Wildman–Crippen MR) is 72.5 cm³/mol. The molecule has 96 valence electrons. The Balaban J connectivity index is 0.000000141. The number of para-hydroxylation sites is 1. The molecule has 1 aromatic heterocycles. The number of carboxylic acids is 1. The lowest BCUT2D eigenvalue weighted by atomic mass is 10.2. The van der Waals surface area contributed by atoms with Gasteiger partial charge in [-0.05, 0) is 35.8 Å². The van der Waals surface area contributed by atoms with E-state index in [-0.39, 0.29) is 11.3 Å². The van der Waals surface area contributed by atoms with E-state index >= 15 is 0 Å². The molecule has 6 heteroatoms. The first-order valence-corrected chi connectivity index (χ1v) is 6.14. The van der Waals surface area contributed by atoms with Crippen LogP contribution >= 0.6 is 11.5 Å². The van der Waals surface area contributed by atoms with E-state index < -0.39 is 5.97 Å². The zero-order valence-corrected chi connectivity index (χ0v) is 10.5. The number of nitrogens with zero attached hydrogens (tertiary/aromatic N) is 2. The summed E-state index contributed by atoms with van der Waals surface area (Å²) < 4.78 is 4.94. The third-order valence-electron chi connectivity index (χ3n) is 2.29. The summed E-state index contributed by atoms with van der Waals surface area (Å²) in [5.41, 5.74) is 0.921. The first kappa shape index (κ1) is 13.0. The maximum atomic E-state index is 10.3. The molecule has 3 rings (SSSR count). The van der Waals surface area contributed by atoms with Crippen molar-refractivity contribution in [2.45, 2.75) is 0 Å². The Hall–Kier alpha value is -2.47. The molecule has 0 bridgehead atoms. The molecule has 2 N–H and O–H groups in total. The molecule has 5 nitrogen and oxygen atoms in total. The van der Waals surface area contributed by atoms with Crippen LogP contribution < -0.4 is 0 Å². The molecule has 19 heavy (non-hydrogen) atoms. The van der Waals surface area contributed by atoms with Gasteiger partial charge in [-0.3, -0.25) is 0 Å². The molecule has 2 aromatic carbocycles. The van der Waals surface area contributed by atoms with E-state index in [2.05, 4.69) is 9.59 Å². The van der Waals surface area contributed by atoms with Crippen molar-refractivity contribution in [3.63, 3.8) is 0 Å². The van der Waals surface area contributed by atoms with E-state index in [0.29, 0.717) is 0 Å². The maximum Gasteiger partial charge on any atom is 0.339 e. The molecule has 0 spiro atoms. The van der Waals surface area contributed by atoms with Gasteiger partial charge in [0, 0.05) is 0 Å². The van der Waals surface area contributed by atoms with Crippen molar-refractivity contribution in [1.82, 2.24) is 9.59 Å². The third kappa shape index (κ3) is 3.26. The van der Waals surface area contributed by atoms with E-state index in [0.717, 1.165) is 10.2 Å². The maximum absolute atomic E-state index is 10.3. The molecule has 3 aromatic rings. The van der Waals surface area contributed by atoms with Gasteiger partial charge in [0.1, 0.15) is 16.8 Å². The average Bonchev–Trinajstić information content (AvgIpc) is 2.88. The molecule has 0 unspecified atom stereocenters. The summed E-state index contributed by atoms with van der Waals surface area (Å²) >= 11 is 1.43. The Morgan fingerprint density at radius 3 is 2.37 bits per heavy atom. The van der Waals surface area contributed by atoms with Crippen molar-refractivity contribution < 1.29 is 15.0 Å². The summed E-state index contributed by atoms with van der Waals surface area (Å²) in [6.45, 7) is 0. The Labute approximate surface area is 112 Å². The number of benzene rings is 2. The third-order valence-corrected chi connectivity index (χ3v) is 2.99. The van der Waals surface area contributed by atoms with Crippen LogP contribution in [-0.2, 0) is 0 Å². The fourth-order valence-electron chi connectivity index (χ4n) is 1.38. The number of aromatic carboxylic acids is 1. The van der Waals surface area contributed by atoms with E-state index in [9.17, 15) is 4.79 Å². The summed E-state index contributed by atoms with van der Waals surface area (Å²) in [7, 11) is 0. The van der Waals surface area contributed by atoms with Gasteiger partial charge in [0.05, 0.1) is 4.70 Å². The minimum Gasteiger partial charge on any atom is -0.507 e. The summed E-state index contributed by atoms with van der Waals surface area (Å²) in [5, 5.41) is 21.2. The van der Waals surface area contributed by atoms with Gasteiger partial charge in [-0.2, -0.15) is 0 Å². The van der Waals surface area contributed by atoms with Crippen LogP contribution in [0.15, 0.2) is 48.5 Å². The number of hydrogen-bond acceptors (Lipinski definition) is 5. The minimum atomic E-state index is -1.11. The van der Waals surface area contributed by atoms with Gasteiger partial charge in [0.15, 0.2) is 0 Å². The standard InChI is InChI=1S/C7H6O3.C6H4N2S/c8-6-4-2-1-3-5(6)7(9)10;1-2-4-6-5(3-1)7-8-9-6/h1-4,8H,(H,9,10);1-4H. The van der Waals surface area contributed by atoms with Crippen LogP contribution in [0.3, 0.4) is 0 Å². The van der Waals surface area contributed by atoms with Gasteiger partial charge in [-0.15, -0.1) is 5.10 Å². The zero-order chi connectivity index (χ0) is 13.7. The van der Waals surface area contributed by atoms with Crippen molar-refractivity contribution in [1.29, 1.82) is 0 Å². The van der Waals surface area contributed by atoms with Crippen molar-refractivity contribution in [3.05, 3.63) is 54.1 Å². The fraction of sp³-hybridized carbons (Fsp3) is 0. The topological polar surface area (TPSA) is 83.3 Å². The predicted octanol–water partition coefficient (Wildman–Crippen LogP) is 2.78. The number of phenols is 1. The number of carbonyl (C=O) groups is 1. The number of fused-ring (bicyclic) bond motifs is 1. The molecule has 0 aliphatic rings. The van der Waals surface area contributed by atoms with Crippen LogP contribution in [0.4, 0.5) is 0 Å². The molecular weight excluding hydrogens is 264 g/mol. The lowest BCUT2D eigenvalue weighted by Gasteiger charge is -1.95. The van der Waals surface area contributed by atoms with Crippen molar-refractivity contribution in [2.75, 3.05) is 0 Å². The molecule has 0 radical (unpaired) electrons. The summed E-state index contributed by atoms with van der Waals surface area (Å²) in [4.78, 5) is 10.3. The molecule has 0 saturated carbocycles. The van der Waals surface area contributed by atoms with Crippen LogP contribution in [0.2, 0.25) is 0 Å². The largest absolute Gasteiger partial charge is 0.507 e. The second-order valence-corrected chi connectivity index (χ2v) is 4.35. The van der Waals surface area contributed by atoms with Gasteiger partial charge >= 0.3 is 5.97 Å². The van der Waals surface area contributed by atoms with Crippen LogP contribution in [-0.4, -0.2) is 25.8 Å². The zero-order valence-electron chi connectivity index (χ0n) is 9.72. The van der Waals surface area contributed by atoms with E-state index in [1.807, 2.05) is 24.3 Å². The molecular formula is C13H10N2O3S. The van der Waals surface area contributed by atoms with Gasteiger partial charge < -0.3 is 10.2 Å². The Morgan fingerprint density at radius 1 is 1.05 bits per heavy atom. The van der Waals surface area contributed by atoms with Crippen molar-refractivity contribution >= 4 is 27.7 Å². The van der Waals surface area contributed by atoms with Crippen LogP contribution in [0.5, 0.6) is 5.75 Å². The highest BCUT2D eigenvalue weighted by atomic mass is 32.1. The van der Waals surface area contributed by atoms with E-state index in [1.165, 1.54) is 23.7 Å². The molecule has 1 heterocycles. The van der Waals surface area contributed by atoms with Crippen LogP contribution in [0.25, 0.3) is 10.2 Å². The van der Waals surface area contributed by atoms with E-state index in [4.69, 9.17) is 10.2 Å². The monoisotopic (exact) mass is 274 g/mol. The van der Waals surface area contributed by atoms with Crippen molar-refractivity contribution in [2.24, 2.45) is 0 Å². The van der Waals surface area contributed by atoms with E-state index in [1.54, 1.807) is 12.1 Å². The molecule has 0 aliphatic heterocycles. The van der Waals surface area contributed by atoms with Crippen LogP contribution in [0, 0.1) is 0 Å². The second-order valence-electron chi connectivity index (χ2n) is 3.56. The van der Waals surface area contributed by atoms with Gasteiger partial charge in [0.25, 0.3) is 0 Å². The normalized spacial score (nSPS) is 9.68. The molecule has 0 amide bonds. The SMILES string of the molecule is O=C(O)c1ccccc1O.c1ccc2snnc2c1. The first-order valence-electron chi connectivity index (χ1n) is 5.37. The highest BCUT2D eigenvalue weighted by molar-refractivity contribution is 7.12. The Morgan fingerprint density at radius 2 is 1.74 bits per heavy atom. The lowest BCUT2D eigenvalue weighted by molar-refractivity contribution is 0.0694. The highest BCUT2D eigenvalue weighted by Crippen LogP contribution is 2.14. The molecule has 0 aliphatic carbocycles. The quantitative estimate of drug-likeness (QED) is 0.713. The number of aromatic nitrogens is 2. The number of aromatic hydroxyl groups is 1. The average molecular weight is 274 g/mol. The number of rotatable bonds is 1. The second kappa shape index (κ2) is 5.92. The molecule has 0 saturated heterocycles. The summed E-state index contributed by atoms with van der Waals surface area (Å²) in [5.74, 6) is -1.31. The van der Waals surface area contributed by atoms with Gasteiger partial charge in [-0.25, -0.2) is 4.79 Å². The molecule has 0 atom stereocenters. The van der Waals surface area contributed by atoms with Gasteiger partial charge in [0.2, 0.25) is 0 Å². The first-order chi connectivity index (χ1) is 9.18. The number of carboxylic acid groups (broad SMARTS) is 1. The van der Waals surface area contributed by atoms with Gasteiger partial charge in [-0.1, -0.05) is 28.8 Å². The number of hydrogen-bond donors (Lipinski definition) is 2. The summed E-state index contributed by atoms with van der Waals surface area (Å²) in [6, 6.07) is 13.7. The Kier molecular flexibility index (Phi) is 4.04. The highest BCUT2D eigenvalue weighted by Gasteiger charge is 2.05. The smallest absolute Gasteiger partial charge is 0.339 e. The lowest BCUT2D eigenvalue weighted by Crippen LogP contribution is -1.95.